The van der Waals surface area contributed by atoms with Gasteiger partial charge in [0.15, 0.2) is 0 Å². The van der Waals surface area contributed by atoms with Gasteiger partial charge in [-0.2, -0.15) is 12.6 Å². The first kappa shape index (κ1) is 20.2. The van der Waals surface area contributed by atoms with Crippen LogP contribution in [0.5, 0.6) is 0 Å². The monoisotopic (exact) mass is 350 g/mol. The third-order valence-electron chi connectivity index (χ3n) is 3.31. The minimum atomic E-state index is -0.601. The minimum Gasteiger partial charge on any atom is -0.351 e. The summed E-state index contributed by atoms with van der Waals surface area (Å²) in [6.07, 6.45) is 5.04. The van der Waals surface area contributed by atoms with Gasteiger partial charge in [-0.25, -0.2) is 0 Å². The molecule has 2 atom stereocenters. The number of amides is 2. The number of hydrogen-bond acceptors (Lipinski definition) is 5. The summed E-state index contributed by atoms with van der Waals surface area (Å²) in [6.45, 7) is 4.37. The number of hydrogen-bond donors (Lipinski definition) is 3. The Labute approximate surface area is 148 Å². The second-order valence-corrected chi connectivity index (χ2v) is 6.56. The molecule has 2 N–H and O–H groups in total. The van der Waals surface area contributed by atoms with E-state index in [0.717, 1.165) is 0 Å². The average Bonchev–Trinajstić information content (AvgIpc) is 2.57. The molecule has 0 aliphatic heterocycles. The summed E-state index contributed by atoms with van der Waals surface area (Å²) >= 11 is 4.26. The first-order valence-electron chi connectivity index (χ1n) is 7.99. The van der Waals surface area contributed by atoms with Crippen molar-refractivity contribution in [1.29, 1.82) is 0 Å². The Morgan fingerprint density at radius 3 is 2.67 bits per heavy atom. The molecule has 131 valence electrons. The van der Waals surface area contributed by atoms with Gasteiger partial charge >= 0.3 is 0 Å². The van der Waals surface area contributed by atoms with E-state index in [2.05, 4.69) is 28.2 Å². The quantitative estimate of drug-likeness (QED) is 0.441. The van der Waals surface area contributed by atoms with Crippen LogP contribution < -0.4 is 10.6 Å². The van der Waals surface area contributed by atoms with Gasteiger partial charge in [0.05, 0.1) is 11.3 Å². The maximum Gasteiger partial charge on any atom is 0.269 e. The molecule has 0 aliphatic rings. The third kappa shape index (κ3) is 7.59. The van der Waals surface area contributed by atoms with Crippen LogP contribution in [-0.2, 0) is 9.59 Å². The molecule has 24 heavy (non-hydrogen) atoms. The van der Waals surface area contributed by atoms with Crippen molar-refractivity contribution >= 4 is 30.7 Å². The molecular weight excluding hydrogens is 326 g/mol. The van der Waals surface area contributed by atoms with E-state index in [4.69, 9.17) is 0 Å². The van der Waals surface area contributed by atoms with Crippen LogP contribution >= 0.6 is 12.6 Å². The van der Waals surface area contributed by atoms with Crippen molar-refractivity contribution in [2.24, 2.45) is 5.92 Å². The second-order valence-electron chi connectivity index (χ2n) is 5.94. The highest BCUT2D eigenvalue weighted by molar-refractivity contribution is 7.81. The Bertz CT molecular complexity index is 537. The summed E-state index contributed by atoms with van der Waals surface area (Å²) in [7, 11) is 0. The lowest BCUT2D eigenvalue weighted by Crippen LogP contribution is -2.41. The fourth-order valence-electron chi connectivity index (χ4n) is 2.09. The van der Waals surface area contributed by atoms with Gasteiger partial charge in [0.1, 0.15) is 5.69 Å². The molecule has 0 aliphatic carbocycles. The molecule has 0 bridgehead atoms. The molecule has 1 aromatic rings. The predicted molar refractivity (Wildman–Crippen MR) is 95.7 cm³/mol. The van der Waals surface area contributed by atoms with Crippen LogP contribution in [0.1, 0.15) is 43.6 Å². The van der Waals surface area contributed by atoms with Crippen molar-refractivity contribution in [2.75, 3.05) is 6.54 Å². The molecule has 1 heterocycles. The van der Waals surface area contributed by atoms with E-state index in [1.807, 2.05) is 20.1 Å². The maximum atomic E-state index is 12.0. The van der Waals surface area contributed by atoms with Gasteiger partial charge in [-0.1, -0.05) is 19.9 Å². The van der Waals surface area contributed by atoms with Crippen molar-refractivity contribution in [3.8, 4) is 0 Å². The van der Waals surface area contributed by atoms with Gasteiger partial charge in [0.2, 0.25) is 12.2 Å². The topological polar surface area (TPSA) is 88.2 Å². The number of carbonyl (C=O) groups is 2. The summed E-state index contributed by atoms with van der Waals surface area (Å²) in [4.78, 5) is 38.6. The standard InChI is InChI=1S/C17H24N3O3S/c1-12(2)10-13(11-21)20-17(23)15(24)7-5-9-19-16(22)14-6-3-4-8-18-14/h3-4,6,8,12-13,15,24H,5,7,9-10H2,1-2H3,(H,19,22)(H,20,23)/t13-,15?/m0/s1. The van der Waals surface area contributed by atoms with Gasteiger partial charge in [0, 0.05) is 12.7 Å². The van der Waals surface area contributed by atoms with Crippen LogP contribution in [0.15, 0.2) is 24.4 Å². The molecule has 0 aromatic carbocycles. The number of thiol groups is 1. The number of rotatable bonds is 10. The fraction of sp³-hybridized carbons (Fsp3) is 0.529. The highest BCUT2D eigenvalue weighted by atomic mass is 32.1. The maximum absolute atomic E-state index is 12.0. The molecule has 1 radical (unpaired) electrons. The normalized spacial score (nSPS) is 13.2. The molecule has 1 rings (SSSR count). The van der Waals surface area contributed by atoms with Crippen molar-refractivity contribution in [2.45, 2.75) is 44.4 Å². The molecule has 0 saturated carbocycles. The average molecular weight is 350 g/mol. The summed E-state index contributed by atoms with van der Waals surface area (Å²) in [5.41, 5.74) is 0.357. The first-order chi connectivity index (χ1) is 11.4. The number of pyridine rings is 1. The molecule has 2 amide bonds. The van der Waals surface area contributed by atoms with E-state index in [9.17, 15) is 14.4 Å². The molecule has 7 heteroatoms. The zero-order chi connectivity index (χ0) is 17.9. The summed E-state index contributed by atoms with van der Waals surface area (Å²) in [6, 6.07) is 4.52. The minimum absolute atomic E-state index is 0.247. The Morgan fingerprint density at radius 2 is 2.08 bits per heavy atom. The fourth-order valence-corrected chi connectivity index (χ4v) is 2.35. The zero-order valence-electron chi connectivity index (χ0n) is 14.0. The number of carbonyl (C=O) groups excluding carboxylic acids is 3. The highest BCUT2D eigenvalue weighted by Crippen LogP contribution is 2.08. The molecule has 1 unspecified atom stereocenters. The largest absolute Gasteiger partial charge is 0.351 e. The smallest absolute Gasteiger partial charge is 0.269 e. The third-order valence-corrected chi connectivity index (χ3v) is 3.80. The van der Waals surface area contributed by atoms with E-state index in [1.54, 1.807) is 24.4 Å². The first-order valence-corrected chi connectivity index (χ1v) is 8.51. The van der Waals surface area contributed by atoms with Gasteiger partial charge < -0.3 is 10.6 Å². The Kier molecular flexibility index (Phi) is 9.07. The van der Waals surface area contributed by atoms with Crippen molar-refractivity contribution in [3.05, 3.63) is 30.1 Å². The number of nitrogens with zero attached hydrogens (tertiary/aromatic N) is 1. The van der Waals surface area contributed by atoms with Crippen molar-refractivity contribution < 1.29 is 14.4 Å². The Balaban J connectivity index is 2.27. The predicted octanol–water partition coefficient (Wildman–Crippen LogP) is 1.53. The van der Waals surface area contributed by atoms with E-state index in [0.29, 0.717) is 31.5 Å². The summed E-state index contributed by atoms with van der Waals surface area (Å²) in [5, 5.41) is 4.85. The van der Waals surface area contributed by atoms with E-state index >= 15 is 0 Å². The van der Waals surface area contributed by atoms with Gasteiger partial charge in [-0.15, -0.1) is 0 Å². The van der Waals surface area contributed by atoms with Crippen molar-refractivity contribution in [1.82, 2.24) is 15.6 Å². The highest BCUT2D eigenvalue weighted by Gasteiger charge is 2.19. The number of nitrogens with one attached hydrogen (secondary N) is 2. The number of aromatic nitrogens is 1. The molecule has 6 nitrogen and oxygen atoms in total. The van der Waals surface area contributed by atoms with Crippen LogP contribution in [0.25, 0.3) is 0 Å². The van der Waals surface area contributed by atoms with Crippen LogP contribution in [0.2, 0.25) is 0 Å². The van der Waals surface area contributed by atoms with Crippen LogP contribution in [0, 0.1) is 5.92 Å². The van der Waals surface area contributed by atoms with Crippen LogP contribution in [0.4, 0.5) is 0 Å². The second kappa shape index (κ2) is 10.8. The SMILES string of the molecule is CC(C)C[C@@H]([C]=O)NC(=O)C(S)CCCNC(=O)c1ccccn1. The molecule has 0 fully saturated rings. The van der Waals surface area contributed by atoms with Gasteiger partial charge in [-0.05, 0) is 37.3 Å². The lowest BCUT2D eigenvalue weighted by atomic mass is 10.0. The lowest BCUT2D eigenvalue weighted by molar-refractivity contribution is -0.121. The lowest BCUT2D eigenvalue weighted by Gasteiger charge is -2.17. The van der Waals surface area contributed by atoms with Gasteiger partial charge in [0.25, 0.3) is 5.91 Å². The van der Waals surface area contributed by atoms with E-state index < -0.39 is 11.3 Å². The van der Waals surface area contributed by atoms with Crippen LogP contribution in [-0.4, -0.2) is 40.9 Å². The molecule has 0 spiro atoms. The van der Waals surface area contributed by atoms with E-state index in [-0.39, 0.29) is 17.7 Å². The molecule has 0 saturated heterocycles. The Hall–Kier alpha value is -1.89. The van der Waals surface area contributed by atoms with E-state index in [1.165, 1.54) is 0 Å². The molecular formula is C17H24N3O3S. The summed E-state index contributed by atoms with van der Waals surface area (Å²) in [5.74, 6) is -0.247. The van der Waals surface area contributed by atoms with Gasteiger partial charge in [-0.3, -0.25) is 19.4 Å². The molecule has 1 aromatic heterocycles. The Morgan fingerprint density at radius 1 is 1.33 bits per heavy atom. The zero-order valence-corrected chi connectivity index (χ0v) is 14.9. The van der Waals surface area contributed by atoms with Crippen LogP contribution in [0.3, 0.4) is 0 Å². The summed E-state index contributed by atoms with van der Waals surface area (Å²) < 4.78 is 0. The van der Waals surface area contributed by atoms with Crippen molar-refractivity contribution in [3.63, 3.8) is 0 Å².